The van der Waals surface area contributed by atoms with E-state index in [2.05, 4.69) is 100 Å². The van der Waals surface area contributed by atoms with E-state index in [-0.39, 0.29) is 5.41 Å². The van der Waals surface area contributed by atoms with E-state index in [1.165, 1.54) is 44.8 Å². The van der Waals surface area contributed by atoms with Gasteiger partial charge in [0, 0.05) is 23.8 Å². The van der Waals surface area contributed by atoms with Crippen LogP contribution in [-0.4, -0.2) is 7.05 Å². The van der Waals surface area contributed by atoms with Gasteiger partial charge < -0.3 is 4.90 Å². The summed E-state index contributed by atoms with van der Waals surface area (Å²) in [7, 11) is 2.15. The highest BCUT2D eigenvalue weighted by atomic mass is 15.1. The molecule has 0 saturated carbocycles. The summed E-state index contributed by atoms with van der Waals surface area (Å²) in [4.78, 5) is 2.28. The molecule has 0 bridgehead atoms. The highest BCUT2D eigenvalue weighted by molar-refractivity contribution is 5.83. The lowest BCUT2D eigenvalue weighted by molar-refractivity contribution is 0.660. The number of nitrogens with zero attached hydrogens (tertiary/aromatic N) is 1. The van der Waals surface area contributed by atoms with Crippen molar-refractivity contribution in [1.82, 2.24) is 0 Å². The van der Waals surface area contributed by atoms with Crippen molar-refractivity contribution in [2.24, 2.45) is 0 Å². The summed E-state index contributed by atoms with van der Waals surface area (Å²) in [5, 5.41) is 0. The first kappa shape index (κ1) is 16.0. The Morgan fingerprint density at radius 2 is 1.32 bits per heavy atom. The van der Waals surface area contributed by atoms with Crippen LogP contribution in [0.15, 0.2) is 60.7 Å². The minimum atomic E-state index is 0.0476. The topological polar surface area (TPSA) is 3.24 Å². The monoisotopic (exact) mass is 327 g/mol. The molecule has 0 fully saturated rings. The molecule has 0 amide bonds. The summed E-state index contributed by atoms with van der Waals surface area (Å²) in [6, 6.07) is 22.4. The molecule has 3 aromatic carbocycles. The van der Waals surface area contributed by atoms with E-state index in [4.69, 9.17) is 0 Å². The van der Waals surface area contributed by atoms with E-state index < -0.39 is 0 Å². The predicted octanol–water partition coefficient (Wildman–Crippen LogP) is 6.38. The molecule has 0 N–H and O–H groups in total. The molecule has 0 heterocycles. The standard InChI is InChI=1S/C24H25N/c1-16-10-11-18(14-17(16)2)25(5)19-12-13-21-20-8-6-7-9-22(20)24(3,4)23(21)15-19/h6-15H,1-5H3. The number of anilines is 2. The van der Waals surface area contributed by atoms with Crippen molar-refractivity contribution in [3.05, 3.63) is 82.9 Å². The van der Waals surface area contributed by atoms with Gasteiger partial charge in [-0.25, -0.2) is 0 Å². The number of benzene rings is 3. The summed E-state index contributed by atoms with van der Waals surface area (Å²) in [5.41, 5.74) is 10.8. The molecule has 1 heteroatoms. The predicted molar refractivity (Wildman–Crippen MR) is 108 cm³/mol. The van der Waals surface area contributed by atoms with Crippen LogP contribution in [0.1, 0.15) is 36.1 Å². The third kappa shape index (κ3) is 2.38. The van der Waals surface area contributed by atoms with Gasteiger partial charge in [0.2, 0.25) is 0 Å². The molecule has 25 heavy (non-hydrogen) atoms. The van der Waals surface area contributed by atoms with Crippen molar-refractivity contribution >= 4 is 11.4 Å². The van der Waals surface area contributed by atoms with E-state index in [0.29, 0.717) is 0 Å². The van der Waals surface area contributed by atoms with Gasteiger partial charge in [0.1, 0.15) is 0 Å². The Bertz CT molecular complexity index is 966. The quantitative estimate of drug-likeness (QED) is 0.528. The lowest BCUT2D eigenvalue weighted by Crippen LogP contribution is -2.16. The lowest BCUT2D eigenvalue weighted by Gasteiger charge is -2.25. The number of hydrogen-bond acceptors (Lipinski definition) is 1. The van der Waals surface area contributed by atoms with Gasteiger partial charge in [-0.1, -0.05) is 50.2 Å². The van der Waals surface area contributed by atoms with Crippen LogP contribution in [0.2, 0.25) is 0 Å². The molecule has 0 aromatic heterocycles. The maximum absolute atomic E-state index is 2.37. The summed E-state index contributed by atoms with van der Waals surface area (Å²) in [6.45, 7) is 9.00. The Hall–Kier alpha value is -2.54. The van der Waals surface area contributed by atoms with Gasteiger partial charge in [-0.2, -0.15) is 0 Å². The average molecular weight is 327 g/mol. The summed E-state index contributed by atoms with van der Waals surface area (Å²) < 4.78 is 0. The van der Waals surface area contributed by atoms with Crippen LogP contribution in [0.25, 0.3) is 11.1 Å². The first-order valence-electron chi connectivity index (χ1n) is 8.95. The van der Waals surface area contributed by atoms with Crippen LogP contribution < -0.4 is 4.90 Å². The number of hydrogen-bond donors (Lipinski definition) is 0. The zero-order valence-electron chi connectivity index (χ0n) is 15.7. The number of fused-ring (bicyclic) bond motifs is 3. The second-order valence-electron chi connectivity index (χ2n) is 7.73. The molecule has 4 rings (SSSR count). The van der Waals surface area contributed by atoms with Crippen LogP contribution in [-0.2, 0) is 5.41 Å². The van der Waals surface area contributed by atoms with Gasteiger partial charge in [0.25, 0.3) is 0 Å². The maximum Gasteiger partial charge on any atom is 0.0411 e. The molecule has 0 unspecified atom stereocenters. The van der Waals surface area contributed by atoms with Crippen molar-refractivity contribution in [2.45, 2.75) is 33.1 Å². The highest BCUT2D eigenvalue weighted by Gasteiger charge is 2.35. The number of rotatable bonds is 2. The number of aryl methyl sites for hydroxylation is 2. The minimum absolute atomic E-state index is 0.0476. The molecule has 3 aromatic rings. The van der Waals surface area contributed by atoms with Gasteiger partial charge in [-0.3, -0.25) is 0 Å². The average Bonchev–Trinajstić information content (AvgIpc) is 2.85. The summed E-state index contributed by atoms with van der Waals surface area (Å²) >= 11 is 0. The zero-order chi connectivity index (χ0) is 17.8. The third-order valence-corrected chi connectivity index (χ3v) is 5.83. The molecule has 0 aliphatic heterocycles. The van der Waals surface area contributed by atoms with E-state index in [1.54, 1.807) is 0 Å². The maximum atomic E-state index is 2.37. The minimum Gasteiger partial charge on any atom is -0.345 e. The van der Waals surface area contributed by atoms with E-state index >= 15 is 0 Å². The van der Waals surface area contributed by atoms with Crippen LogP contribution in [0.4, 0.5) is 11.4 Å². The molecule has 0 spiro atoms. The highest BCUT2D eigenvalue weighted by Crippen LogP contribution is 2.49. The largest absolute Gasteiger partial charge is 0.345 e. The Kier molecular flexibility index (Phi) is 3.50. The van der Waals surface area contributed by atoms with Gasteiger partial charge in [0.05, 0.1) is 0 Å². The molecule has 0 atom stereocenters. The third-order valence-electron chi connectivity index (χ3n) is 5.83. The molecule has 0 saturated heterocycles. The summed E-state index contributed by atoms with van der Waals surface area (Å²) in [6.07, 6.45) is 0. The van der Waals surface area contributed by atoms with Crippen LogP contribution in [0.3, 0.4) is 0 Å². The normalized spacial score (nSPS) is 14.1. The van der Waals surface area contributed by atoms with E-state index in [1.807, 2.05) is 0 Å². The molecule has 126 valence electrons. The summed E-state index contributed by atoms with van der Waals surface area (Å²) in [5.74, 6) is 0. The Balaban J connectivity index is 1.80. The Morgan fingerprint density at radius 1 is 0.680 bits per heavy atom. The van der Waals surface area contributed by atoms with Crippen LogP contribution in [0, 0.1) is 13.8 Å². The zero-order valence-corrected chi connectivity index (χ0v) is 15.7. The molecular formula is C24H25N. The second-order valence-corrected chi connectivity index (χ2v) is 7.73. The lowest BCUT2D eigenvalue weighted by atomic mass is 9.82. The van der Waals surface area contributed by atoms with Crippen molar-refractivity contribution in [1.29, 1.82) is 0 Å². The van der Waals surface area contributed by atoms with Gasteiger partial charge >= 0.3 is 0 Å². The fourth-order valence-electron chi connectivity index (χ4n) is 3.98. The van der Waals surface area contributed by atoms with Crippen molar-refractivity contribution in [2.75, 3.05) is 11.9 Å². The van der Waals surface area contributed by atoms with Crippen LogP contribution in [0.5, 0.6) is 0 Å². The van der Waals surface area contributed by atoms with Gasteiger partial charge in [-0.05, 0) is 71.5 Å². The second kappa shape index (κ2) is 5.49. The van der Waals surface area contributed by atoms with Crippen LogP contribution >= 0.6 is 0 Å². The molecular weight excluding hydrogens is 302 g/mol. The molecule has 1 nitrogen and oxygen atoms in total. The van der Waals surface area contributed by atoms with Gasteiger partial charge in [0.15, 0.2) is 0 Å². The van der Waals surface area contributed by atoms with E-state index in [9.17, 15) is 0 Å². The van der Waals surface area contributed by atoms with Crippen molar-refractivity contribution in [3.63, 3.8) is 0 Å². The molecule has 0 radical (unpaired) electrons. The van der Waals surface area contributed by atoms with Gasteiger partial charge in [-0.15, -0.1) is 0 Å². The first-order chi connectivity index (χ1) is 11.9. The van der Waals surface area contributed by atoms with E-state index in [0.717, 1.165) is 0 Å². The smallest absolute Gasteiger partial charge is 0.0411 e. The van der Waals surface area contributed by atoms with Crippen molar-refractivity contribution in [3.8, 4) is 11.1 Å². The fourth-order valence-corrected chi connectivity index (χ4v) is 3.98. The SMILES string of the molecule is Cc1ccc(N(C)c2ccc3c(c2)C(C)(C)c2ccccc2-3)cc1C. The fraction of sp³-hybridized carbons (Fsp3) is 0.250. The van der Waals surface area contributed by atoms with Crippen molar-refractivity contribution < 1.29 is 0 Å². The Labute approximate surface area is 150 Å². The molecule has 1 aliphatic carbocycles. The molecule has 1 aliphatic rings. The first-order valence-corrected chi connectivity index (χ1v) is 8.95. The Morgan fingerprint density at radius 3 is 2.08 bits per heavy atom.